The smallest absolute Gasteiger partial charge is 0.194 e. The van der Waals surface area contributed by atoms with Gasteiger partial charge in [0.1, 0.15) is 6.26 Å². The molecule has 1 aromatic carbocycles. The molecule has 1 saturated heterocycles. The van der Waals surface area contributed by atoms with Crippen molar-refractivity contribution in [3.8, 4) is 0 Å². The monoisotopic (exact) mass is 398 g/mol. The number of guanidine groups is 1. The molecule has 158 valence electrons. The summed E-state index contributed by atoms with van der Waals surface area (Å²) in [6, 6.07) is 10.8. The third-order valence-corrected chi connectivity index (χ3v) is 5.53. The van der Waals surface area contributed by atoms with Crippen molar-refractivity contribution in [3.05, 3.63) is 53.4 Å². The Labute approximate surface area is 174 Å². The largest absolute Gasteiger partial charge is 0.364 e. The third-order valence-electron chi connectivity index (χ3n) is 5.53. The molecular formula is C22H34N6O. The van der Waals surface area contributed by atoms with Gasteiger partial charge >= 0.3 is 0 Å². The molecule has 2 aromatic rings. The zero-order valence-electron chi connectivity index (χ0n) is 18.0. The third kappa shape index (κ3) is 6.30. The molecule has 1 aliphatic rings. The number of hydrogen-bond acceptors (Lipinski definition) is 5. The fourth-order valence-electron chi connectivity index (χ4n) is 3.65. The lowest BCUT2D eigenvalue weighted by Gasteiger charge is -2.36. The fraction of sp³-hybridized carbons (Fsp3) is 0.545. The van der Waals surface area contributed by atoms with Crippen LogP contribution in [0, 0.1) is 0 Å². The highest BCUT2D eigenvalue weighted by molar-refractivity contribution is 5.80. The van der Waals surface area contributed by atoms with Gasteiger partial charge in [-0.15, -0.1) is 0 Å². The molecule has 0 amide bonds. The summed E-state index contributed by atoms with van der Waals surface area (Å²) < 4.78 is 4.93. The van der Waals surface area contributed by atoms with Gasteiger partial charge in [-0.2, -0.15) is 0 Å². The number of hydrogen-bond donors (Lipinski definition) is 1. The van der Waals surface area contributed by atoms with E-state index in [1.54, 1.807) is 6.26 Å². The summed E-state index contributed by atoms with van der Waals surface area (Å²) in [6.07, 6.45) is 1.63. The Hall–Kier alpha value is -2.38. The van der Waals surface area contributed by atoms with Crippen molar-refractivity contribution in [1.29, 1.82) is 0 Å². The zero-order valence-corrected chi connectivity index (χ0v) is 18.0. The van der Waals surface area contributed by atoms with Gasteiger partial charge in [-0.1, -0.05) is 43.3 Å². The first-order valence-electron chi connectivity index (χ1n) is 10.6. The molecule has 7 nitrogen and oxygen atoms in total. The number of aliphatic imine (C=N–C) groups is 1. The summed E-state index contributed by atoms with van der Waals surface area (Å²) in [6.45, 7) is 13.1. The minimum Gasteiger partial charge on any atom is -0.364 e. The van der Waals surface area contributed by atoms with Crippen LogP contribution in [0.4, 0.5) is 0 Å². The van der Waals surface area contributed by atoms with Gasteiger partial charge in [-0.3, -0.25) is 14.8 Å². The maximum absolute atomic E-state index is 4.93. The number of piperazine rings is 1. The summed E-state index contributed by atoms with van der Waals surface area (Å²) in [7, 11) is 1.86. The zero-order chi connectivity index (χ0) is 20.5. The van der Waals surface area contributed by atoms with E-state index in [0.717, 1.165) is 70.6 Å². The van der Waals surface area contributed by atoms with E-state index >= 15 is 0 Å². The molecule has 29 heavy (non-hydrogen) atoms. The van der Waals surface area contributed by atoms with E-state index in [4.69, 9.17) is 4.52 Å². The van der Waals surface area contributed by atoms with Crippen LogP contribution < -0.4 is 5.32 Å². The predicted octanol–water partition coefficient (Wildman–Crippen LogP) is 2.41. The first-order chi connectivity index (χ1) is 14.2. The second-order valence-electron chi connectivity index (χ2n) is 7.43. The van der Waals surface area contributed by atoms with E-state index in [1.807, 2.05) is 13.1 Å². The van der Waals surface area contributed by atoms with Crippen molar-refractivity contribution < 1.29 is 4.52 Å². The molecule has 2 heterocycles. The van der Waals surface area contributed by atoms with Crippen molar-refractivity contribution >= 4 is 5.96 Å². The highest BCUT2D eigenvalue weighted by atomic mass is 16.5. The molecule has 0 atom stereocenters. The summed E-state index contributed by atoms with van der Waals surface area (Å²) in [5.74, 6) is 0.971. The van der Waals surface area contributed by atoms with E-state index in [9.17, 15) is 0 Å². The molecule has 0 radical (unpaired) electrons. The number of benzene rings is 1. The minimum absolute atomic E-state index is 0.789. The van der Waals surface area contributed by atoms with Crippen LogP contribution in [-0.2, 0) is 19.6 Å². The van der Waals surface area contributed by atoms with Gasteiger partial charge in [0.25, 0.3) is 0 Å². The molecule has 0 saturated carbocycles. The molecule has 1 aliphatic heterocycles. The normalized spacial score (nSPS) is 15.9. The molecule has 0 unspecified atom stereocenters. The Morgan fingerprint density at radius 3 is 2.34 bits per heavy atom. The van der Waals surface area contributed by atoms with E-state index in [1.165, 1.54) is 11.1 Å². The Morgan fingerprint density at radius 2 is 1.76 bits per heavy atom. The van der Waals surface area contributed by atoms with Crippen molar-refractivity contribution in [2.24, 2.45) is 4.99 Å². The van der Waals surface area contributed by atoms with Gasteiger partial charge in [0.15, 0.2) is 5.96 Å². The molecule has 1 fully saturated rings. The predicted molar refractivity (Wildman–Crippen MR) is 117 cm³/mol. The van der Waals surface area contributed by atoms with E-state index in [2.05, 4.69) is 68.3 Å². The highest BCUT2D eigenvalue weighted by Crippen LogP contribution is 2.09. The molecule has 0 spiro atoms. The summed E-state index contributed by atoms with van der Waals surface area (Å²) in [4.78, 5) is 11.6. The Morgan fingerprint density at radius 1 is 1.07 bits per heavy atom. The van der Waals surface area contributed by atoms with Crippen LogP contribution in [0.25, 0.3) is 0 Å². The Kier molecular flexibility index (Phi) is 8.07. The van der Waals surface area contributed by atoms with Crippen molar-refractivity contribution in [2.45, 2.75) is 33.5 Å². The van der Waals surface area contributed by atoms with E-state index in [0.29, 0.717) is 0 Å². The number of rotatable bonds is 8. The lowest BCUT2D eigenvalue weighted by atomic mass is 10.1. The second-order valence-corrected chi connectivity index (χ2v) is 7.43. The summed E-state index contributed by atoms with van der Waals surface area (Å²) >= 11 is 0. The molecule has 7 heteroatoms. The van der Waals surface area contributed by atoms with Crippen LogP contribution in [0.5, 0.6) is 0 Å². The fourth-order valence-corrected chi connectivity index (χ4v) is 3.65. The van der Waals surface area contributed by atoms with Gasteiger partial charge in [0, 0.05) is 58.9 Å². The van der Waals surface area contributed by atoms with Crippen LogP contribution in [-0.4, -0.2) is 72.1 Å². The average Bonchev–Trinajstić information content (AvgIpc) is 3.27. The molecule has 1 N–H and O–H groups in total. The lowest BCUT2D eigenvalue weighted by Crippen LogP contribution is -2.52. The molecular weight excluding hydrogens is 364 g/mol. The molecule has 0 aliphatic carbocycles. The standard InChI is InChI=1S/C22H34N6O/c1-4-26(5-2)17-20-8-6-19(7-9-20)16-24-22(23-3)28-13-11-27(12-14-28)18-21-10-15-29-25-21/h6-10,15H,4-5,11-14,16-18H2,1-3H3,(H,23,24). The van der Waals surface area contributed by atoms with Crippen molar-refractivity contribution in [3.63, 3.8) is 0 Å². The van der Waals surface area contributed by atoms with Crippen molar-refractivity contribution in [1.82, 2.24) is 25.2 Å². The molecule has 0 bridgehead atoms. The van der Waals surface area contributed by atoms with E-state index in [-0.39, 0.29) is 0 Å². The van der Waals surface area contributed by atoms with Crippen LogP contribution >= 0.6 is 0 Å². The number of nitrogens with one attached hydrogen (secondary N) is 1. The number of nitrogens with zero attached hydrogens (tertiary/aromatic N) is 5. The maximum atomic E-state index is 4.93. The lowest BCUT2D eigenvalue weighted by molar-refractivity contribution is 0.169. The first kappa shape index (κ1) is 21.3. The van der Waals surface area contributed by atoms with E-state index < -0.39 is 0 Å². The Bertz CT molecular complexity index is 731. The summed E-state index contributed by atoms with van der Waals surface area (Å²) in [5, 5.41) is 7.52. The second kappa shape index (κ2) is 11.0. The average molecular weight is 399 g/mol. The van der Waals surface area contributed by atoms with Crippen LogP contribution in [0.1, 0.15) is 30.7 Å². The van der Waals surface area contributed by atoms with Gasteiger partial charge in [0.05, 0.1) is 5.69 Å². The van der Waals surface area contributed by atoms with Gasteiger partial charge in [-0.25, -0.2) is 0 Å². The number of aromatic nitrogens is 1. The van der Waals surface area contributed by atoms with Crippen LogP contribution in [0.2, 0.25) is 0 Å². The van der Waals surface area contributed by atoms with Crippen molar-refractivity contribution in [2.75, 3.05) is 46.3 Å². The molecule has 3 rings (SSSR count). The quantitative estimate of drug-likeness (QED) is 0.544. The maximum Gasteiger partial charge on any atom is 0.194 e. The highest BCUT2D eigenvalue weighted by Gasteiger charge is 2.20. The van der Waals surface area contributed by atoms with Gasteiger partial charge in [-0.05, 0) is 24.2 Å². The van der Waals surface area contributed by atoms with Crippen LogP contribution in [0.3, 0.4) is 0 Å². The Balaban J connectivity index is 1.44. The topological polar surface area (TPSA) is 60.1 Å². The first-order valence-corrected chi connectivity index (χ1v) is 10.6. The SMILES string of the molecule is CCN(CC)Cc1ccc(CNC(=NC)N2CCN(Cc3ccon3)CC2)cc1. The van der Waals surface area contributed by atoms with Crippen LogP contribution in [0.15, 0.2) is 46.1 Å². The molecule has 1 aromatic heterocycles. The van der Waals surface area contributed by atoms with Gasteiger partial charge < -0.3 is 14.7 Å². The summed E-state index contributed by atoms with van der Waals surface area (Å²) in [5.41, 5.74) is 3.63. The minimum atomic E-state index is 0.789. The van der Waals surface area contributed by atoms with Gasteiger partial charge in [0.2, 0.25) is 0 Å².